The lowest BCUT2D eigenvalue weighted by Crippen LogP contribution is -1.92. The third-order valence-electron chi connectivity index (χ3n) is 4.34. The highest BCUT2D eigenvalue weighted by molar-refractivity contribution is 6.30. The number of halogens is 1. The molecule has 2 heterocycles. The molecule has 0 atom stereocenters. The third-order valence-corrected chi connectivity index (χ3v) is 4.59. The topological polar surface area (TPSA) is 57.8 Å². The van der Waals surface area contributed by atoms with Crippen molar-refractivity contribution in [3.63, 3.8) is 0 Å². The predicted octanol–water partition coefficient (Wildman–Crippen LogP) is 4.31. The fourth-order valence-corrected chi connectivity index (χ4v) is 3.16. The van der Waals surface area contributed by atoms with Gasteiger partial charge in [-0.15, -0.1) is 0 Å². The number of nitrogens with zero attached hydrogens (tertiary/aromatic N) is 2. The van der Waals surface area contributed by atoms with Gasteiger partial charge in [0, 0.05) is 23.0 Å². The van der Waals surface area contributed by atoms with E-state index >= 15 is 0 Å². The van der Waals surface area contributed by atoms with Crippen molar-refractivity contribution in [1.82, 2.24) is 9.38 Å². The number of aliphatic hydroxyl groups excluding tert-OH is 2. The molecule has 0 aliphatic heterocycles. The van der Waals surface area contributed by atoms with Gasteiger partial charge in [-0.3, -0.25) is 0 Å². The highest BCUT2D eigenvalue weighted by atomic mass is 35.5. The van der Waals surface area contributed by atoms with Crippen molar-refractivity contribution < 1.29 is 10.2 Å². The van der Waals surface area contributed by atoms with Crippen molar-refractivity contribution in [1.29, 1.82) is 0 Å². The molecule has 0 saturated heterocycles. The Morgan fingerprint density at radius 2 is 1.42 bits per heavy atom. The van der Waals surface area contributed by atoms with Crippen LogP contribution in [0.4, 0.5) is 0 Å². The summed E-state index contributed by atoms with van der Waals surface area (Å²) in [5.74, 6) is 0. The van der Waals surface area contributed by atoms with Crippen LogP contribution in [0.25, 0.3) is 28.0 Å². The summed E-state index contributed by atoms with van der Waals surface area (Å²) in [6, 6.07) is 17.2. The van der Waals surface area contributed by atoms with Crippen LogP contribution in [0, 0.1) is 0 Å². The molecule has 2 aromatic heterocycles. The molecule has 0 spiro atoms. The quantitative estimate of drug-likeness (QED) is 0.567. The molecule has 4 aromatic rings. The molecule has 2 N–H and O–H groups in total. The molecule has 130 valence electrons. The number of imidazole rings is 1. The lowest BCUT2D eigenvalue weighted by Gasteiger charge is -2.08. The van der Waals surface area contributed by atoms with Crippen molar-refractivity contribution >= 4 is 17.2 Å². The van der Waals surface area contributed by atoms with E-state index in [0.29, 0.717) is 5.02 Å². The van der Waals surface area contributed by atoms with Crippen LogP contribution in [-0.4, -0.2) is 19.6 Å². The van der Waals surface area contributed by atoms with Gasteiger partial charge in [0.2, 0.25) is 0 Å². The molecular formula is C21H17ClN2O2. The van der Waals surface area contributed by atoms with Crippen LogP contribution in [0.3, 0.4) is 0 Å². The molecule has 0 unspecified atom stereocenters. The van der Waals surface area contributed by atoms with E-state index in [1.54, 1.807) is 6.07 Å². The first-order valence-electron chi connectivity index (χ1n) is 8.26. The highest BCUT2D eigenvalue weighted by Crippen LogP contribution is 2.26. The molecule has 0 bridgehead atoms. The SMILES string of the molecule is OCc1cc(CO)cc(-c2ccc3nc(-c4ccc(Cl)cc4)cn3c2)c1. The van der Waals surface area contributed by atoms with Gasteiger partial charge in [-0.2, -0.15) is 0 Å². The zero-order valence-electron chi connectivity index (χ0n) is 13.9. The van der Waals surface area contributed by atoms with Gasteiger partial charge in [0.15, 0.2) is 0 Å². The van der Waals surface area contributed by atoms with E-state index in [-0.39, 0.29) is 13.2 Å². The van der Waals surface area contributed by atoms with Crippen LogP contribution in [0.5, 0.6) is 0 Å². The number of benzene rings is 2. The molecule has 5 heteroatoms. The first-order chi connectivity index (χ1) is 12.7. The first kappa shape index (κ1) is 16.8. The van der Waals surface area contributed by atoms with Gasteiger partial charge in [-0.05, 0) is 58.7 Å². The van der Waals surface area contributed by atoms with Crippen LogP contribution in [-0.2, 0) is 13.2 Å². The highest BCUT2D eigenvalue weighted by Gasteiger charge is 2.08. The monoisotopic (exact) mass is 364 g/mol. The van der Waals surface area contributed by atoms with Crippen LogP contribution < -0.4 is 0 Å². The van der Waals surface area contributed by atoms with Crippen LogP contribution in [0.15, 0.2) is 67.0 Å². The Hall–Kier alpha value is -2.66. The maximum atomic E-state index is 9.44. The molecule has 2 aromatic carbocycles. The van der Waals surface area contributed by atoms with Crippen LogP contribution in [0.2, 0.25) is 5.02 Å². The average molecular weight is 365 g/mol. The molecule has 0 fully saturated rings. The fourth-order valence-electron chi connectivity index (χ4n) is 3.03. The number of aromatic nitrogens is 2. The van der Waals surface area contributed by atoms with Crippen LogP contribution in [0.1, 0.15) is 11.1 Å². The summed E-state index contributed by atoms with van der Waals surface area (Å²) < 4.78 is 1.98. The average Bonchev–Trinajstić information content (AvgIpc) is 3.11. The predicted molar refractivity (Wildman–Crippen MR) is 103 cm³/mol. The molecule has 0 saturated carbocycles. The molecule has 4 rings (SSSR count). The largest absolute Gasteiger partial charge is 0.392 e. The van der Waals surface area contributed by atoms with Gasteiger partial charge in [0.05, 0.1) is 18.9 Å². The summed E-state index contributed by atoms with van der Waals surface area (Å²) in [4.78, 5) is 4.65. The Morgan fingerprint density at radius 3 is 2.08 bits per heavy atom. The third kappa shape index (κ3) is 3.22. The summed E-state index contributed by atoms with van der Waals surface area (Å²) in [6.45, 7) is -0.121. The number of rotatable bonds is 4. The molecule has 0 aliphatic carbocycles. The number of fused-ring (bicyclic) bond motifs is 1. The van der Waals surface area contributed by atoms with E-state index in [0.717, 1.165) is 39.2 Å². The fraction of sp³-hybridized carbons (Fsp3) is 0.0952. The maximum Gasteiger partial charge on any atom is 0.137 e. The van der Waals surface area contributed by atoms with Gasteiger partial charge >= 0.3 is 0 Å². The molecule has 0 aliphatic rings. The van der Waals surface area contributed by atoms with Gasteiger partial charge in [-0.1, -0.05) is 29.8 Å². The molecule has 4 nitrogen and oxygen atoms in total. The lowest BCUT2D eigenvalue weighted by molar-refractivity contribution is 0.275. The Bertz CT molecular complexity index is 1050. The van der Waals surface area contributed by atoms with Crippen molar-refractivity contribution in [2.75, 3.05) is 0 Å². The van der Waals surface area contributed by atoms with Gasteiger partial charge < -0.3 is 14.6 Å². The molecular weight excluding hydrogens is 348 g/mol. The van der Waals surface area contributed by atoms with Crippen LogP contribution >= 0.6 is 11.6 Å². The summed E-state index contributed by atoms with van der Waals surface area (Å²) in [7, 11) is 0. The zero-order valence-corrected chi connectivity index (χ0v) is 14.7. The van der Waals surface area contributed by atoms with E-state index in [2.05, 4.69) is 4.98 Å². The van der Waals surface area contributed by atoms with Crippen molar-refractivity contribution in [3.8, 4) is 22.4 Å². The number of aliphatic hydroxyl groups is 2. The molecule has 26 heavy (non-hydrogen) atoms. The number of pyridine rings is 1. The van der Waals surface area contributed by atoms with Gasteiger partial charge in [-0.25, -0.2) is 4.98 Å². The van der Waals surface area contributed by atoms with E-state index in [9.17, 15) is 10.2 Å². The van der Waals surface area contributed by atoms with E-state index < -0.39 is 0 Å². The minimum Gasteiger partial charge on any atom is -0.392 e. The zero-order chi connectivity index (χ0) is 18.1. The number of hydrogen-bond donors (Lipinski definition) is 2. The molecule has 0 amide bonds. The summed E-state index contributed by atoms with van der Waals surface area (Å²) in [5, 5.41) is 19.6. The lowest BCUT2D eigenvalue weighted by atomic mass is 10.0. The first-order valence-corrected chi connectivity index (χ1v) is 8.64. The Balaban J connectivity index is 1.77. The maximum absolute atomic E-state index is 9.44. The van der Waals surface area contributed by atoms with E-state index in [1.165, 1.54) is 0 Å². The van der Waals surface area contributed by atoms with Gasteiger partial charge in [0.25, 0.3) is 0 Å². The second kappa shape index (κ2) is 6.92. The normalized spacial score (nSPS) is 11.2. The smallest absolute Gasteiger partial charge is 0.137 e. The Morgan fingerprint density at radius 1 is 0.769 bits per heavy atom. The second-order valence-corrected chi connectivity index (χ2v) is 6.61. The Labute approximate surface area is 156 Å². The standard InChI is InChI=1S/C21H17ClN2O2/c22-19-4-1-16(2-5-19)20-11-24-10-17(3-6-21(24)23-20)18-8-14(12-25)7-15(9-18)13-26/h1-11,25-26H,12-13H2. The molecule has 0 radical (unpaired) electrons. The number of hydrogen-bond acceptors (Lipinski definition) is 3. The van der Waals surface area contributed by atoms with Crippen molar-refractivity contribution in [2.24, 2.45) is 0 Å². The summed E-state index contributed by atoms with van der Waals surface area (Å²) >= 11 is 5.95. The van der Waals surface area contributed by atoms with Crippen molar-refractivity contribution in [2.45, 2.75) is 13.2 Å². The Kier molecular flexibility index (Phi) is 4.47. The summed E-state index contributed by atoms with van der Waals surface area (Å²) in [6.07, 6.45) is 3.98. The second-order valence-electron chi connectivity index (χ2n) is 6.17. The van der Waals surface area contributed by atoms with Gasteiger partial charge in [0.1, 0.15) is 5.65 Å². The minimum atomic E-state index is -0.0606. The van der Waals surface area contributed by atoms with E-state index in [4.69, 9.17) is 11.6 Å². The summed E-state index contributed by atoms with van der Waals surface area (Å²) in [5.41, 5.74) is 6.22. The minimum absolute atomic E-state index is 0.0606. The van der Waals surface area contributed by atoms with E-state index in [1.807, 2.05) is 65.3 Å². The van der Waals surface area contributed by atoms with Crippen molar-refractivity contribution in [3.05, 3.63) is 83.1 Å².